The molecule has 13 heteroatoms. The molecule has 3 aromatic rings. The number of ether oxygens (including phenoxy) is 1. The Hall–Kier alpha value is -4.91. The maximum absolute atomic E-state index is 14.5. The minimum atomic E-state index is -4.56. The Morgan fingerprint density at radius 1 is 0.836 bits per heavy atom. The van der Waals surface area contributed by atoms with Crippen LogP contribution < -0.4 is 5.32 Å². The normalized spacial score (nSPS) is 23.0. The number of cyclic esters (lactones) is 1. The van der Waals surface area contributed by atoms with Crippen molar-refractivity contribution in [2.45, 2.75) is 94.3 Å². The highest BCUT2D eigenvalue weighted by Gasteiger charge is 2.58. The molecule has 4 aliphatic rings. The van der Waals surface area contributed by atoms with E-state index in [-0.39, 0.29) is 31.0 Å². The fraction of sp³-hybridized carbons (Fsp3) is 0.476. The number of hydrogen-bond donors (Lipinski definition) is 1. The number of aryl methyl sites for hydroxylation is 1. The van der Waals surface area contributed by atoms with Gasteiger partial charge in [0.1, 0.15) is 18.7 Å². The van der Waals surface area contributed by atoms with Crippen LogP contribution in [0.1, 0.15) is 73.2 Å². The molecule has 0 radical (unpaired) electrons. The van der Waals surface area contributed by atoms with Crippen LogP contribution in [-0.4, -0.2) is 100 Å². The van der Waals surface area contributed by atoms with E-state index in [0.717, 1.165) is 49.2 Å². The van der Waals surface area contributed by atoms with Crippen molar-refractivity contribution >= 4 is 23.8 Å². The number of likely N-dealkylation sites (tertiary alicyclic amines) is 1. The standard InChI is InChI=1S/C42H48F3N5O5/c43-42(44,45)32-16-10-13-30(25-32)27-46-39(52)35(26-37(51)48-23-21-47(22-24-48)33-17-8-3-9-18-33)49-34(20-19-29-11-4-1-5-12-29)38(40(49)53)50-36(28-55-41(50)54)31-14-6-2-7-15-31/h1-2,4-7,10-16,25,33-36,38H,3,8-9,17-24,26-28H2,(H,46,52)/t34?,35-,36+,38?/m0/s1. The number of halogens is 3. The van der Waals surface area contributed by atoms with Gasteiger partial charge in [-0.2, -0.15) is 13.2 Å². The lowest BCUT2D eigenvalue weighted by Gasteiger charge is -2.53. The smallest absolute Gasteiger partial charge is 0.416 e. The summed E-state index contributed by atoms with van der Waals surface area (Å²) in [5, 5.41) is 2.74. The number of carbonyl (C=O) groups is 4. The number of rotatable bonds is 12. The largest absolute Gasteiger partial charge is 0.447 e. The number of amides is 4. The van der Waals surface area contributed by atoms with Gasteiger partial charge in [0, 0.05) is 38.8 Å². The van der Waals surface area contributed by atoms with E-state index < -0.39 is 53.8 Å². The molecule has 3 aromatic carbocycles. The summed E-state index contributed by atoms with van der Waals surface area (Å²) in [7, 11) is 0. The SMILES string of the molecule is O=C(NCc1cccc(C(F)(F)F)c1)[C@H](CC(=O)N1CCN(C2CCCCC2)CC1)N1C(=O)C(N2C(=O)OC[C@@H]2c2ccccc2)C1CCc1ccccc1. The average molecular weight is 760 g/mol. The van der Waals surface area contributed by atoms with Crippen LogP contribution in [0.4, 0.5) is 18.0 Å². The molecule has 1 N–H and O–H groups in total. The third-order valence-electron chi connectivity index (χ3n) is 11.7. The van der Waals surface area contributed by atoms with Crippen LogP contribution in [0.25, 0.3) is 0 Å². The van der Waals surface area contributed by atoms with Gasteiger partial charge in [0.25, 0.3) is 0 Å². The van der Waals surface area contributed by atoms with Crippen LogP contribution in [0.3, 0.4) is 0 Å². The summed E-state index contributed by atoms with van der Waals surface area (Å²) in [5.41, 5.74) is 1.19. The zero-order valence-corrected chi connectivity index (χ0v) is 30.8. The summed E-state index contributed by atoms with van der Waals surface area (Å²) in [6, 6.07) is 20.8. The number of hydrogen-bond acceptors (Lipinski definition) is 6. The lowest BCUT2D eigenvalue weighted by atomic mass is 9.84. The first-order chi connectivity index (χ1) is 26.6. The molecule has 10 nitrogen and oxygen atoms in total. The van der Waals surface area contributed by atoms with E-state index in [1.807, 2.05) is 60.7 Å². The molecular formula is C42H48F3N5O5. The number of piperazine rings is 1. The maximum atomic E-state index is 14.5. The quantitative estimate of drug-likeness (QED) is 0.229. The summed E-state index contributed by atoms with van der Waals surface area (Å²) in [6.07, 6.45) is 1.39. The van der Waals surface area contributed by atoms with Crippen molar-refractivity contribution in [1.82, 2.24) is 24.9 Å². The Bertz CT molecular complexity index is 1810. The molecule has 3 saturated heterocycles. The monoisotopic (exact) mass is 759 g/mol. The zero-order chi connectivity index (χ0) is 38.5. The molecule has 4 atom stereocenters. The molecule has 292 valence electrons. The topological polar surface area (TPSA) is 103 Å². The van der Waals surface area contributed by atoms with Gasteiger partial charge in [-0.1, -0.05) is 92.1 Å². The predicted molar refractivity (Wildman–Crippen MR) is 198 cm³/mol. The van der Waals surface area contributed by atoms with Crippen LogP contribution in [0.15, 0.2) is 84.9 Å². The lowest BCUT2D eigenvalue weighted by molar-refractivity contribution is -0.168. The molecule has 4 amide bonds. The fourth-order valence-corrected chi connectivity index (χ4v) is 8.73. The molecule has 4 fully saturated rings. The highest BCUT2D eigenvalue weighted by atomic mass is 19.4. The average Bonchev–Trinajstić information content (AvgIpc) is 3.58. The minimum Gasteiger partial charge on any atom is -0.447 e. The Morgan fingerprint density at radius 2 is 1.51 bits per heavy atom. The van der Waals surface area contributed by atoms with Crippen molar-refractivity contribution in [2.75, 3.05) is 32.8 Å². The first-order valence-corrected chi connectivity index (χ1v) is 19.4. The van der Waals surface area contributed by atoms with Gasteiger partial charge >= 0.3 is 12.3 Å². The van der Waals surface area contributed by atoms with E-state index in [9.17, 15) is 32.3 Å². The minimum absolute atomic E-state index is 0.0598. The molecule has 55 heavy (non-hydrogen) atoms. The summed E-state index contributed by atoms with van der Waals surface area (Å²) >= 11 is 0. The second-order valence-corrected chi connectivity index (χ2v) is 15.0. The highest BCUT2D eigenvalue weighted by Crippen LogP contribution is 2.40. The lowest BCUT2D eigenvalue weighted by Crippen LogP contribution is -2.75. The maximum Gasteiger partial charge on any atom is 0.416 e. The van der Waals surface area contributed by atoms with Crippen molar-refractivity contribution < 1.29 is 37.1 Å². The first kappa shape index (κ1) is 38.4. The second kappa shape index (κ2) is 16.8. The summed E-state index contributed by atoms with van der Waals surface area (Å²) in [5.74, 6) is -1.40. The molecule has 3 aliphatic heterocycles. The molecule has 1 aliphatic carbocycles. The van der Waals surface area contributed by atoms with Crippen LogP contribution in [0.5, 0.6) is 0 Å². The van der Waals surface area contributed by atoms with Crippen molar-refractivity contribution in [3.63, 3.8) is 0 Å². The van der Waals surface area contributed by atoms with Gasteiger partial charge in [-0.3, -0.25) is 24.2 Å². The summed E-state index contributed by atoms with van der Waals surface area (Å²) in [6.45, 7) is 2.28. The van der Waals surface area contributed by atoms with Gasteiger partial charge < -0.3 is 19.9 Å². The number of nitrogens with one attached hydrogen (secondary N) is 1. The summed E-state index contributed by atoms with van der Waals surface area (Å²) < 4.78 is 46.0. The first-order valence-electron chi connectivity index (χ1n) is 19.4. The Balaban J connectivity index is 1.15. The van der Waals surface area contributed by atoms with E-state index in [1.165, 1.54) is 41.2 Å². The van der Waals surface area contributed by atoms with E-state index in [4.69, 9.17) is 4.74 Å². The third-order valence-corrected chi connectivity index (χ3v) is 11.7. The number of benzene rings is 3. The molecule has 2 unspecified atom stereocenters. The van der Waals surface area contributed by atoms with Gasteiger partial charge in [-0.05, 0) is 54.5 Å². The molecule has 3 heterocycles. The summed E-state index contributed by atoms with van der Waals surface area (Å²) in [4.78, 5) is 63.2. The third kappa shape index (κ3) is 8.66. The molecule has 0 spiro atoms. The highest BCUT2D eigenvalue weighted by molar-refractivity contribution is 5.99. The molecule has 7 rings (SSSR count). The number of nitrogens with zero attached hydrogens (tertiary/aromatic N) is 4. The van der Waals surface area contributed by atoms with Crippen molar-refractivity contribution in [1.29, 1.82) is 0 Å². The van der Waals surface area contributed by atoms with Crippen LogP contribution >= 0.6 is 0 Å². The van der Waals surface area contributed by atoms with E-state index in [1.54, 1.807) is 4.90 Å². The zero-order valence-electron chi connectivity index (χ0n) is 30.8. The van der Waals surface area contributed by atoms with E-state index in [2.05, 4.69) is 10.2 Å². The van der Waals surface area contributed by atoms with Crippen LogP contribution in [0.2, 0.25) is 0 Å². The number of β-lactam (4-membered cyclic amide) rings is 1. The van der Waals surface area contributed by atoms with Gasteiger partial charge in [0.05, 0.1) is 24.1 Å². The number of carbonyl (C=O) groups excluding carboxylic acids is 4. The molecular weight excluding hydrogens is 711 g/mol. The van der Waals surface area contributed by atoms with Gasteiger partial charge in [0.2, 0.25) is 17.7 Å². The molecule has 0 bridgehead atoms. The Labute approximate surface area is 319 Å². The van der Waals surface area contributed by atoms with Crippen LogP contribution in [0, 0.1) is 0 Å². The van der Waals surface area contributed by atoms with Gasteiger partial charge in [0.15, 0.2) is 0 Å². The van der Waals surface area contributed by atoms with Crippen molar-refractivity contribution in [3.8, 4) is 0 Å². The molecule has 0 aromatic heterocycles. The predicted octanol–water partition coefficient (Wildman–Crippen LogP) is 5.96. The van der Waals surface area contributed by atoms with E-state index in [0.29, 0.717) is 32.0 Å². The van der Waals surface area contributed by atoms with E-state index >= 15 is 0 Å². The number of alkyl halides is 3. The van der Waals surface area contributed by atoms with Crippen molar-refractivity contribution in [2.24, 2.45) is 0 Å². The Morgan fingerprint density at radius 3 is 2.20 bits per heavy atom. The molecule has 1 saturated carbocycles. The van der Waals surface area contributed by atoms with Crippen LogP contribution in [-0.2, 0) is 38.3 Å². The van der Waals surface area contributed by atoms with Gasteiger partial charge in [-0.25, -0.2) is 4.79 Å². The van der Waals surface area contributed by atoms with Gasteiger partial charge in [-0.15, -0.1) is 0 Å². The Kier molecular flexibility index (Phi) is 11.8. The second-order valence-electron chi connectivity index (χ2n) is 15.0. The van der Waals surface area contributed by atoms with Crippen molar-refractivity contribution in [3.05, 3.63) is 107 Å². The fourth-order valence-electron chi connectivity index (χ4n) is 8.73.